The fourth-order valence-electron chi connectivity index (χ4n) is 2.35. The number of esters is 1. The Morgan fingerprint density at radius 1 is 1.28 bits per heavy atom. The van der Waals surface area contributed by atoms with Gasteiger partial charge >= 0.3 is 12.0 Å². The van der Waals surface area contributed by atoms with Crippen LogP contribution < -0.4 is 15.4 Å². The number of carbonyl (C=O) groups excluding carboxylic acids is 3. The second-order valence-electron chi connectivity index (χ2n) is 6.16. The molecule has 1 aliphatic heterocycles. The molecule has 0 saturated heterocycles. The summed E-state index contributed by atoms with van der Waals surface area (Å²) in [7, 11) is 0. The number of hydrogen-bond acceptors (Lipinski definition) is 5. The predicted octanol–water partition coefficient (Wildman–Crippen LogP) is 2.06. The van der Waals surface area contributed by atoms with Crippen LogP contribution in [0.2, 0.25) is 5.02 Å². The molecule has 0 saturated carbocycles. The van der Waals surface area contributed by atoms with Gasteiger partial charge in [0.1, 0.15) is 12.4 Å². The molecular formula is C17H21ClN2O5. The largest absolute Gasteiger partial charge is 0.492 e. The van der Waals surface area contributed by atoms with Gasteiger partial charge in [-0.05, 0) is 51.0 Å². The molecule has 0 spiro atoms. The lowest BCUT2D eigenvalue weighted by molar-refractivity contribution is -0.159. The number of carbonyl (C=O) groups is 3. The van der Waals surface area contributed by atoms with E-state index in [1.165, 1.54) is 6.92 Å². The van der Waals surface area contributed by atoms with Gasteiger partial charge in [0.2, 0.25) is 0 Å². The van der Waals surface area contributed by atoms with Crippen molar-refractivity contribution in [3.05, 3.63) is 28.8 Å². The van der Waals surface area contributed by atoms with Crippen LogP contribution in [0.5, 0.6) is 5.75 Å². The number of benzene rings is 1. The number of amides is 3. The van der Waals surface area contributed by atoms with Crippen LogP contribution in [-0.4, -0.2) is 36.7 Å². The first-order valence-electron chi connectivity index (χ1n) is 7.99. The Kier molecular flexibility index (Phi) is 6.25. The molecule has 0 fully saturated rings. The molecule has 2 atom stereocenters. The summed E-state index contributed by atoms with van der Waals surface area (Å²) < 4.78 is 10.7. The summed E-state index contributed by atoms with van der Waals surface area (Å²) >= 11 is 5.95. The van der Waals surface area contributed by atoms with Crippen molar-refractivity contribution in [2.75, 3.05) is 6.61 Å². The summed E-state index contributed by atoms with van der Waals surface area (Å²) in [6.07, 6.45) is -0.678. The smallest absolute Gasteiger partial charge is 0.321 e. The van der Waals surface area contributed by atoms with Crippen LogP contribution in [0.1, 0.15) is 26.3 Å². The van der Waals surface area contributed by atoms with Crippen molar-refractivity contribution in [3.63, 3.8) is 0 Å². The molecular weight excluding hydrogens is 348 g/mol. The highest BCUT2D eigenvalue weighted by atomic mass is 35.5. The first-order chi connectivity index (χ1) is 11.8. The number of halogens is 1. The van der Waals surface area contributed by atoms with E-state index in [1.807, 2.05) is 0 Å². The van der Waals surface area contributed by atoms with Crippen LogP contribution in [0.25, 0.3) is 0 Å². The van der Waals surface area contributed by atoms with Gasteiger partial charge in [-0.25, -0.2) is 4.79 Å². The topological polar surface area (TPSA) is 93.7 Å². The van der Waals surface area contributed by atoms with Crippen molar-refractivity contribution >= 4 is 29.5 Å². The Hall–Kier alpha value is -2.28. The van der Waals surface area contributed by atoms with E-state index in [9.17, 15) is 14.4 Å². The summed E-state index contributed by atoms with van der Waals surface area (Å²) in [6.45, 7) is 5.10. The van der Waals surface area contributed by atoms with E-state index in [0.29, 0.717) is 17.2 Å². The van der Waals surface area contributed by atoms with E-state index in [-0.39, 0.29) is 12.6 Å². The Balaban J connectivity index is 1.89. The van der Waals surface area contributed by atoms with Crippen LogP contribution in [0, 0.1) is 5.92 Å². The monoisotopic (exact) mass is 368 g/mol. The van der Waals surface area contributed by atoms with Crippen LogP contribution in [0.4, 0.5) is 4.79 Å². The predicted molar refractivity (Wildman–Crippen MR) is 91.5 cm³/mol. The second-order valence-corrected chi connectivity index (χ2v) is 6.60. The van der Waals surface area contributed by atoms with Gasteiger partial charge in [-0.15, -0.1) is 0 Å². The average molecular weight is 369 g/mol. The molecule has 3 amide bonds. The molecule has 0 aliphatic carbocycles. The van der Waals surface area contributed by atoms with Gasteiger partial charge in [0, 0.05) is 11.1 Å². The zero-order chi connectivity index (χ0) is 18.6. The zero-order valence-corrected chi connectivity index (χ0v) is 15.1. The normalized spacial score (nSPS) is 17.1. The summed E-state index contributed by atoms with van der Waals surface area (Å²) in [5, 5.41) is 5.20. The molecule has 1 aromatic rings. The third-order valence-corrected chi connectivity index (χ3v) is 3.82. The lowest BCUT2D eigenvalue weighted by atomic mass is 9.97. The number of imide groups is 1. The van der Waals surface area contributed by atoms with Crippen LogP contribution >= 0.6 is 11.6 Å². The quantitative estimate of drug-likeness (QED) is 0.793. The molecule has 136 valence electrons. The maximum Gasteiger partial charge on any atom is 0.321 e. The van der Waals surface area contributed by atoms with Gasteiger partial charge in [0.05, 0.1) is 5.92 Å². The highest BCUT2D eigenvalue weighted by Gasteiger charge is 2.30. The number of nitrogens with one attached hydrogen (secondary N) is 2. The van der Waals surface area contributed by atoms with Gasteiger partial charge in [-0.3, -0.25) is 14.9 Å². The van der Waals surface area contributed by atoms with E-state index in [4.69, 9.17) is 21.1 Å². The maximum absolute atomic E-state index is 12.3. The third-order valence-electron chi connectivity index (χ3n) is 3.58. The molecule has 8 heteroatoms. The van der Waals surface area contributed by atoms with Crippen molar-refractivity contribution in [2.24, 2.45) is 5.92 Å². The third kappa shape index (κ3) is 5.35. The Morgan fingerprint density at radius 3 is 2.68 bits per heavy atom. The number of fused-ring (bicyclic) bond motifs is 1. The van der Waals surface area contributed by atoms with Gasteiger partial charge in [0.25, 0.3) is 5.91 Å². The lowest BCUT2D eigenvalue weighted by Crippen LogP contribution is -2.47. The van der Waals surface area contributed by atoms with Crippen LogP contribution in [-0.2, 0) is 20.7 Å². The van der Waals surface area contributed by atoms with Crippen LogP contribution in [0.3, 0.4) is 0 Å². The van der Waals surface area contributed by atoms with Gasteiger partial charge in [-0.2, -0.15) is 0 Å². The molecule has 0 bridgehead atoms. The number of urea groups is 1. The van der Waals surface area contributed by atoms with E-state index in [0.717, 1.165) is 5.56 Å². The number of hydrogen-bond donors (Lipinski definition) is 2. The Bertz CT molecular complexity index is 677. The maximum atomic E-state index is 12.3. The first kappa shape index (κ1) is 19.1. The summed E-state index contributed by atoms with van der Waals surface area (Å²) in [5.41, 5.74) is 0.814. The van der Waals surface area contributed by atoms with Gasteiger partial charge in [0.15, 0.2) is 6.10 Å². The summed E-state index contributed by atoms with van der Waals surface area (Å²) in [4.78, 5) is 35.7. The van der Waals surface area contributed by atoms with Crippen molar-refractivity contribution in [1.29, 1.82) is 0 Å². The highest BCUT2D eigenvalue weighted by Crippen LogP contribution is 2.30. The molecule has 0 aromatic heterocycles. The molecule has 0 unspecified atom stereocenters. The van der Waals surface area contributed by atoms with E-state index in [1.54, 1.807) is 32.0 Å². The minimum absolute atomic E-state index is 0.114. The molecule has 1 heterocycles. The molecule has 2 N–H and O–H groups in total. The van der Waals surface area contributed by atoms with Crippen molar-refractivity contribution < 1.29 is 23.9 Å². The van der Waals surface area contributed by atoms with E-state index in [2.05, 4.69) is 10.6 Å². The Morgan fingerprint density at radius 2 is 2.00 bits per heavy atom. The van der Waals surface area contributed by atoms with Gasteiger partial charge in [-0.1, -0.05) is 11.6 Å². The summed E-state index contributed by atoms with van der Waals surface area (Å²) in [5.74, 6) is -1.10. The first-order valence-corrected chi connectivity index (χ1v) is 8.37. The molecule has 0 radical (unpaired) electrons. The number of rotatable bonds is 4. The standard InChI is InChI=1S/C17H21ClN2O5/c1-9(2)19-17(23)20-15(21)10(3)25-16(22)12-6-11-7-13(18)4-5-14(11)24-8-12/h4-5,7,9-10,12H,6,8H2,1-3H3,(H2,19,20,21,23)/t10-,12+/m0/s1. The average Bonchev–Trinajstić information content (AvgIpc) is 2.52. The van der Waals surface area contributed by atoms with E-state index >= 15 is 0 Å². The van der Waals surface area contributed by atoms with Crippen molar-refractivity contribution in [1.82, 2.24) is 10.6 Å². The Labute approximate surface area is 151 Å². The van der Waals surface area contributed by atoms with E-state index < -0.39 is 29.9 Å². The number of ether oxygens (including phenoxy) is 2. The van der Waals surface area contributed by atoms with Crippen LogP contribution in [0.15, 0.2) is 18.2 Å². The SMILES string of the molecule is CC(C)NC(=O)NC(=O)[C@H](C)OC(=O)[C@H]1COc2ccc(Cl)cc2C1. The fourth-order valence-corrected chi connectivity index (χ4v) is 2.54. The van der Waals surface area contributed by atoms with Crippen molar-refractivity contribution in [3.8, 4) is 5.75 Å². The molecule has 25 heavy (non-hydrogen) atoms. The molecule has 1 aromatic carbocycles. The molecule has 1 aliphatic rings. The second kappa shape index (κ2) is 8.20. The van der Waals surface area contributed by atoms with Crippen molar-refractivity contribution in [2.45, 2.75) is 39.3 Å². The molecule has 2 rings (SSSR count). The minimum atomic E-state index is -1.09. The minimum Gasteiger partial charge on any atom is -0.492 e. The molecule has 7 nitrogen and oxygen atoms in total. The fraction of sp³-hybridized carbons (Fsp3) is 0.471. The van der Waals surface area contributed by atoms with Gasteiger partial charge < -0.3 is 14.8 Å². The lowest BCUT2D eigenvalue weighted by Gasteiger charge is -2.25. The summed E-state index contributed by atoms with van der Waals surface area (Å²) in [6, 6.07) is 4.46. The highest BCUT2D eigenvalue weighted by molar-refractivity contribution is 6.30. The zero-order valence-electron chi connectivity index (χ0n) is 14.3.